The maximum atomic E-state index is 4.33. The molecule has 3 rings (SSSR count). The van der Waals surface area contributed by atoms with E-state index in [1.807, 2.05) is 0 Å². The fourth-order valence-corrected chi connectivity index (χ4v) is 9.27. The second-order valence-corrected chi connectivity index (χ2v) is 11.7. The Kier molecular flexibility index (Phi) is 8.95. The highest BCUT2D eigenvalue weighted by Crippen LogP contribution is 2.63. The van der Waals surface area contributed by atoms with Gasteiger partial charge in [-0.1, -0.05) is 12.8 Å². The molecule has 2 bridgehead atoms. The summed E-state index contributed by atoms with van der Waals surface area (Å²) in [5, 5.41) is 2.02. The van der Waals surface area contributed by atoms with Gasteiger partial charge < -0.3 is 0 Å². The molecule has 0 heterocycles. The van der Waals surface area contributed by atoms with Crippen molar-refractivity contribution in [1.82, 2.24) is 0 Å². The van der Waals surface area contributed by atoms with Crippen LogP contribution in [0.4, 0.5) is 0 Å². The maximum absolute atomic E-state index is 4.33. The minimum Gasteiger partial charge on any atom is -0.179 e. The predicted octanol–water partition coefficient (Wildman–Crippen LogP) is 6.46. The zero-order chi connectivity index (χ0) is 16.8. The molecular weight excluding hydrogens is 368 g/mol. The Balaban J connectivity index is 1.40. The van der Waals surface area contributed by atoms with Gasteiger partial charge in [0.25, 0.3) is 0 Å². The summed E-state index contributed by atoms with van der Waals surface area (Å²) in [5.74, 6) is 9.32. The highest BCUT2D eigenvalue weighted by Gasteiger charge is 2.57. The summed E-state index contributed by atoms with van der Waals surface area (Å²) in [6.45, 7) is 0. The molecule has 0 spiro atoms. The first-order valence-electron chi connectivity index (χ1n) is 10.3. The third kappa shape index (κ3) is 5.01. The predicted molar refractivity (Wildman–Crippen MR) is 120 cm³/mol. The van der Waals surface area contributed by atoms with Crippen LogP contribution in [0, 0.1) is 23.7 Å². The fourth-order valence-electron chi connectivity index (χ4n) is 5.62. The zero-order valence-electron chi connectivity index (χ0n) is 15.1. The molecule has 0 saturated heterocycles. The van der Waals surface area contributed by atoms with Crippen molar-refractivity contribution in [2.45, 2.75) is 74.7 Å². The van der Waals surface area contributed by atoms with Crippen molar-refractivity contribution < 1.29 is 0 Å². The van der Waals surface area contributed by atoms with Gasteiger partial charge in [0, 0.05) is 10.5 Å². The molecule has 0 radical (unpaired) electrons. The zero-order valence-corrected chi connectivity index (χ0v) is 18.5. The molecule has 6 atom stereocenters. The van der Waals surface area contributed by atoms with Crippen molar-refractivity contribution in [2.24, 2.45) is 23.7 Å². The van der Waals surface area contributed by atoms with Crippen molar-refractivity contribution >= 4 is 48.8 Å². The summed E-state index contributed by atoms with van der Waals surface area (Å²) in [6.07, 6.45) is 14.4. The molecule has 0 amide bonds. The van der Waals surface area contributed by atoms with Crippen LogP contribution in [0.25, 0.3) is 0 Å². The summed E-state index contributed by atoms with van der Waals surface area (Å²) in [5.41, 5.74) is 0. The molecule has 0 aliphatic heterocycles. The lowest BCUT2D eigenvalue weighted by Gasteiger charge is -2.34. The highest BCUT2D eigenvalue weighted by molar-refractivity contribution is 8.00. The van der Waals surface area contributed by atoms with Crippen LogP contribution in [-0.2, 0) is 0 Å². The third-order valence-corrected chi connectivity index (χ3v) is 10.3. The molecule has 0 N–H and O–H groups in total. The fraction of sp³-hybridized carbons (Fsp3) is 1.00. The van der Waals surface area contributed by atoms with E-state index in [1.54, 1.807) is 19.3 Å². The Hall–Kier alpha value is 1.40. The van der Waals surface area contributed by atoms with Crippen molar-refractivity contribution in [2.75, 3.05) is 23.0 Å². The molecule has 3 fully saturated rings. The van der Waals surface area contributed by atoms with Crippen molar-refractivity contribution in [1.29, 1.82) is 0 Å². The van der Waals surface area contributed by atoms with E-state index in [0.29, 0.717) is 0 Å². The van der Waals surface area contributed by atoms with Gasteiger partial charge in [0.1, 0.15) is 0 Å². The van der Waals surface area contributed by atoms with Gasteiger partial charge in [-0.3, -0.25) is 0 Å². The van der Waals surface area contributed by atoms with Gasteiger partial charge in [-0.25, -0.2) is 0 Å². The minimum absolute atomic E-state index is 1.01. The highest BCUT2D eigenvalue weighted by atomic mass is 32.2. The Morgan fingerprint density at radius 3 is 2.00 bits per heavy atom. The van der Waals surface area contributed by atoms with Gasteiger partial charge in [0.15, 0.2) is 0 Å². The lowest BCUT2D eigenvalue weighted by atomic mass is 9.81. The molecule has 0 aromatic rings. The molecule has 140 valence electrons. The molecule has 0 aromatic carbocycles. The van der Waals surface area contributed by atoms with E-state index < -0.39 is 0 Å². The summed E-state index contributed by atoms with van der Waals surface area (Å²) < 4.78 is 0. The standard InChI is InChI=1S/C20H36S4/c21-9-3-1-5-11-23-18-8-7-16-15-13-17(20(16)18)19(14-15)24-12-6-2-4-10-22/h15-22H,1-14H2. The van der Waals surface area contributed by atoms with Crippen LogP contribution >= 0.6 is 48.8 Å². The van der Waals surface area contributed by atoms with E-state index in [-0.39, 0.29) is 0 Å². The smallest absolute Gasteiger partial charge is 0.00813 e. The molecule has 3 saturated carbocycles. The summed E-state index contributed by atoms with van der Waals surface area (Å²) in [4.78, 5) is 0. The second kappa shape index (κ2) is 10.7. The molecule has 4 heteroatoms. The lowest BCUT2D eigenvalue weighted by Crippen LogP contribution is -2.31. The Morgan fingerprint density at radius 1 is 0.667 bits per heavy atom. The average Bonchev–Trinajstić information content (AvgIpc) is 3.27. The first kappa shape index (κ1) is 20.1. The quantitative estimate of drug-likeness (QED) is 0.283. The van der Waals surface area contributed by atoms with Crippen LogP contribution in [0.1, 0.15) is 64.2 Å². The Bertz CT molecular complexity index is 362. The number of hydrogen-bond donors (Lipinski definition) is 2. The minimum atomic E-state index is 1.01. The van der Waals surface area contributed by atoms with Gasteiger partial charge in [-0.05, 0) is 98.0 Å². The second-order valence-electron chi connectivity index (χ2n) is 8.10. The van der Waals surface area contributed by atoms with E-state index in [9.17, 15) is 0 Å². The van der Waals surface area contributed by atoms with E-state index in [1.165, 1.54) is 56.5 Å². The normalized spacial score (nSPS) is 37.2. The summed E-state index contributed by atoms with van der Waals surface area (Å²) in [6, 6.07) is 0. The van der Waals surface area contributed by atoms with E-state index >= 15 is 0 Å². The van der Waals surface area contributed by atoms with Crippen LogP contribution < -0.4 is 0 Å². The van der Waals surface area contributed by atoms with E-state index in [0.717, 1.165) is 45.7 Å². The van der Waals surface area contributed by atoms with Crippen LogP contribution in [-0.4, -0.2) is 33.5 Å². The topological polar surface area (TPSA) is 0 Å². The number of unbranched alkanes of at least 4 members (excludes halogenated alkanes) is 4. The molecule has 6 unspecified atom stereocenters. The van der Waals surface area contributed by atoms with E-state index in [2.05, 4.69) is 48.8 Å². The van der Waals surface area contributed by atoms with Gasteiger partial charge in [0.05, 0.1) is 0 Å². The molecule has 3 aliphatic carbocycles. The SMILES string of the molecule is SCCCCCSC1CC2CC1C1C(SCCCCCS)CCC21. The number of thioether (sulfide) groups is 2. The van der Waals surface area contributed by atoms with Crippen molar-refractivity contribution in [3.8, 4) is 0 Å². The summed E-state index contributed by atoms with van der Waals surface area (Å²) >= 11 is 13.3. The van der Waals surface area contributed by atoms with Gasteiger partial charge >= 0.3 is 0 Å². The first-order chi connectivity index (χ1) is 11.8. The van der Waals surface area contributed by atoms with Crippen LogP contribution in [0.3, 0.4) is 0 Å². The van der Waals surface area contributed by atoms with Crippen molar-refractivity contribution in [3.05, 3.63) is 0 Å². The average molecular weight is 405 g/mol. The van der Waals surface area contributed by atoms with Crippen LogP contribution in [0.2, 0.25) is 0 Å². The summed E-state index contributed by atoms with van der Waals surface area (Å²) in [7, 11) is 0. The number of hydrogen-bond acceptors (Lipinski definition) is 4. The molecule has 24 heavy (non-hydrogen) atoms. The molecule has 0 aromatic heterocycles. The van der Waals surface area contributed by atoms with Gasteiger partial charge in [-0.15, -0.1) is 0 Å². The molecular formula is C20H36S4. The molecule has 0 nitrogen and oxygen atoms in total. The Morgan fingerprint density at radius 2 is 1.33 bits per heavy atom. The monoisotopic (exact) mass is 404 g/mol. The van der Waals surface area contributed by atoms with Crippen molar-refractivity contribution in [3.63, 3.8) is 0 Å². The van der Waals surface area contributed by atoms with Gasteiger partial charge in [-0.2, -0.15) is 48.8 Å². The Labute approximate surface area is 169 Å². The number of fused-ring (bicyclic) bond motifs is 5. The number of thiol groups is 2. The number of rotatable bonds is 12. The van der Waals surface area contributed by atoms with Gasteiger partial charge in [0.2, 0.25) is 0 Å². The van der Waals surface area contributed by atoms with Crippen LogP contribution in [0.5, 0.6) is 0 Å². The maximum Gasteiger partial charge on any atom is 0.00813 e. The third-order valence-electron chi connectivity index (χ3n) is 6.66. The lowest BCUT2D eigenvalue weighted by molar-refractivity contribution is 0.270. The van der Waals surface area contributed by atoms with E-state index in [4.69, 9.17) is 0 Å². The molecule has 3 aliphatic rings. The first-order valence-corrected chi connectivity index (χ1v) is 13.7. The van der Waals surface area contributed by atoms with Crippen LogP contribution in [0.15, 0.2) is 0 Å². The largest absolute Gasteiger partial charge is 0.179 e.